The quantitative estimate of drug-likeness (QED) is 0.298. The normalized spacial score (nSPS) is 12.7. The number of aromatic amines is 1. The third kappa shape index (κ3) is 3.13. The van der Waals surface area contributed by atoms with Gasteiger partial charge in [0.15, 0.2) is 5.82 Å². The lowest BCUT2D eigenvalue weighted by Crippen LogP contribution is -2.30. The van der Waals surface area contributed by atoms with E-state index in [9.17, 15) is 25.0 Å². The Morgan fingerprint density at radius 2 is 1.86 bits per heavy atom. The molecule has 0 radical (unpaired) electrons. The van der Waals surface area contributed by atoms with Gasteiger partial charge in [-0.3, -0.25) is 24.8 Å². The Bertz CT molecular complexity index is 1200. The Labute approximate surface area is 168 Å². The van der Waals surface area contributed by atoms with E-state index in [-0.39, 0.29) is 28.2 Å². The van der Waals surface area contributed by atoms with Gasteiger partial charge in [-0.1, -0.05) is 42.1 Å². The van der Waals surface area contributed by atoms with Crippen LogP contribution in [0.5, 0.6) is 0 Å². The molecule has 0 aliphatic carbocycles. The summed E-state index contributed by atoms with van der Waals surface area (Å²) in [6.45, 7) is 0. The summed E-state index contributed by atoms with van der Waals surface area (Å²) < 4.78 is 0. The Morgan fingerprint density at radius 1 is 1.14 bits per heavy atom. The predicted molar refractivity (Wildman–Crippen MR) is 104 cm³/mol. The molecule has 1 aliphatic rings. The Balaban J connectivity index is 1.66. The molecule has 1 aromatic heterocycles. The third-order valence-corrected chi connectivity index (χ3v) is 5.40. The number of H-pyrrole nitrogens is 1. The van der Waals surface area contributed by atoms with Crippen molar-refractivity contribution in [3.05, 3.63) is 80.9 Å². The molecule has 2 heterocycles. The Morgan fingerprint density at radius 3 is 2.55 bits per heavy atom. The third-order valence-electron chi connectivity index (χ3n) is 4.35. The average molecular weight is 405 g/mol. The second kappa shape index (κ2) is 7.21. The van der Waals surface area contributed by atoms with Gasteiger partial charge in [0.2, 0.25) is 0 Å². The van der Waals surface area contributed by atoms with Crippen molar-refractivity contribution in [1.82, 2.24) is 10.2 Å². The number of carbonyl (C=O) groups is 2. The zero-order chi connectivity index (χ0) is 20.5. The summed E-state index contributed by atoms with van der Waals surface area (Å²) in [4.78, 5) is 36.6. The van der Waals surface area contributed by atoms with Crippen molar-refractivity contribution in [2.45, 2.75) is 10.8 Å². The van der Waals surface area contributed by atoms with Gasteiger partial charge < -0.3 is 0 Å². The fraction of sp³-hybridized carbons (Fsp3) is 0.0526. The SMILES string of the molecule is N#Cc1c(SCc2ccccc2)n[nH]c1N1C(=O)c2ccc([N+](=O)[O-])cc2C1=O. The molecule has 2 aromatic carbocycles. The van der Waals surface area contributed by atoms with Crippen LogP contribution in [0.1, 0.15) is 31.8 Å². The van der Waals surface area contributed by atoms with Crippen LogP contribution in [0.15, 0.2) is 53.6 Å². The molecule has 1 aliphatic heterocycles. The topological polar surface area (TPSA) is 133 Å². The van der Waals surface area contributed by atoms with Crippen LogP contribution < -0.4 is 4.90 Å². The number of nitriles is 1. The molecule has 4 rings (SSSR count). The zero-order valence-electron chi connectivity index (χ0n) is 14.7. The van der Waals surface area contributed by atoms with Crippen LogP contribution in [-0.2, 0) is 5.75 Å². The highest BCUT2D eigenvalue weighted by atomic mass is 32.2. The van der Waals surface area contributed by atoms with Crippen molar-refractivity contribution in [2.24, 2.45) is 0 Å². The fourth-order valence-corrected chi connectivity index (χ4v) is 3.85. The largest absolute Gasteiger partial charge is 0.270 e. The first kappa shape index (κ1) is 18.4. The Hall–Kier alpha value is -3.97. The number of hydrogen-bond acceptors (Lipinski definition) is 7. The first-order valence-electron chi connectivity index (χ1n) is 8.33. The number of non-ortho nitro benzene ring substituents is 1. The number of aromatic nitrogens is 2. The number of amides is 2. The van der Waals surface area contributed by atoms with Crippen LogP contribution in [0.4, 0.5) is 11.5 Å². The lowest BCUT2D eigenvalue weighted by molar-refractivity contribution is -0.384. The van der Waals surface area contributed by atoms with E-state index in [0.717, 1.165) is 22.6 Å². The number of imide groups is 1. The summed E-state index contributed by atoms with van der Waals surface area (Å²) in [5.74, 6) is -0.904. The maximum Gasteiger partial charge on any atom is 0.270 e. The molecule has 0 atom stereocenters. The molecule has 1 N–H and O–H groups in total. The number of nitro groups is 1. The summed E-state index contributed by atoms with van der Waals surface area (Å²) in [5.41, 5.74) is 0.753. The van der Waals surface area contributed by atoms with E-state index in [0.29, 0.717) is 10.8 Å². The first-order chi connectivity index (χ1) is 14.0. The molecule has 0 spiro atoms. The summed E-state index contributed by atoms with van der Waals surface area (Å²) in [6.07, 6.45) is 0. The minimum atomic E-state index is -0.742. The molecule has 0 unspecified atom stereocenters. The van der Waals surface area contributed by atoms with Gasteiger partial charge in [0.05, 0.1) is 16.1 Å². The molecule has 0 bridgehead atoms. The molecule has 2 amide bonds. The number of fused-ring (bicyclic) bond motifs is 1. The molecule has 3 aromatic rings. The van der Waals surface area contributed by atoms with Crippen LogP contribution >= 0.6 is 11.8 Å². The molecule has 0 saturated carbocycles. The number of hydrogen-bond donors (Lipinski definition) is 1. The highest BCUT2D eigenvalue weighted by Gasteiger charge is 2.40. The molecule has 29 heavy (non-hydrogen) atoms. The van der Waals surface area contributed by atoms with Gasteiger partial charge in [-0.05, 0) is 11.6 Å². The second-order valence-electron chi connectivity index (χ2n) is 6.07. The van der Waals surface area contributed by atoms with Gasteiger partial charge in [-0.2, -0.15) is 10.4 Å². The van der Waals surface area contributed by atoms with Gasteiger partial charge >= 0.3 is 0 Å². The summed E-state index contributed by atoms with van der Waals surface area (Å²) in [7, 11) is 0. The monoisotopic (exact) mass is 405 g/mol. The fourth-order valence-electron chi connectivity index (χ4n) is 2.96. The van der Waals surface area contributed by atoms with Gasteiger partial charge in [0.25, 0.3) is 17.5 Å². The Kier molecular flexibility index (Phi) is 4.58. The van der Waals surface area contributed by atoms with E-state index < -0.39 is 16.7 Å². The van der Waals surface area contributed by atoms with E-state index in [1.807, 2.05) is 36.4 Å². The smallest absolute Gasteiger partial charge is 0.268 e. The van der Waals surface area contributed by atoms with E-state index in [2.05, 4.69) is 10.2 Å². The van der Waals surface area contributed by atoms with Gasteiger partial charge in [-0.25, -0.2) is 4.90 Å². The van der Waals surface area contributed by atoms with Gasteiger partial charge in [0.1, 0.15) is 16.7 Å². The summed E-state index contributed by atoms with van der Waals surface area (Å²) >= 11 is 1.29. The van der Waals surface area contributed by atoms with Crippen LogP contribution in [0.3, 0.4) is 0 Å². The van der Waals surface area contributed by atoms with Crippen molar-refractivity contribution in [1.29, 1.82) is 5.26 Å². The number of benzene rings is 2. The molecular formula is C19H11N5O4S. The van der Waals surface area contributed by atoms with E-state index in [4.69, 9.17) is 0 Å². The number of nitro benzene ring substituents is 1. The van der Waals surface area contributed by atoms with Crippen molar-refractivity contribution >= 4 is 35.1 Å². The van der Waals surface area contributed by atoms with Gasteiger partial charge in [-0.15, -0.1) is 0 Å². The van der Waals surface area contributed by atoms with E-state index in [1.165, 1.54) is 17.8 Å². The molecular weight excluding hydrogens is 394 g/mol. The van der Waals surface area contributed by atoms with Crippen molar-refractivity contribution < 1.29 is 14.5 Å². The maximum absolute atomic E-state index is 12.8. The predicted octanol–water partition coefficient (Wildman–Crippen LogP) is 3.28. The highest BCUT2D eigenvalue weighted by Crippen LogP contribution is 2.35. The summed E-state index contributed by atoms with van der Waals surface area (Å²) in [5, 5.41) is 27.6. The van der Waals surface area contributed by atoms with Crippen molar-refractivity contribution in [3.8, 4) is 6.07 Å². The lowest BCUT2D eigenvalue weighted by Gasteiger charge is -2.11. The van der Waals surface area contributed by atoms with Crippen molar-refractivity contribution in [3.63, 3.8) is 0 Å². The van der Waals surface area contributed by atoms with Crippen LogP contribution in [0, 0.1) is 21.4 Å². The van der Waals surface area contributed by atoms with Crippen molar-refractivity contribution in [2.75, 3.05) is 4.90 Å². The van der Waals surface area contributed by atoms with Crippen LogP contribution in [-0.4, -0.2) is 26.9 Å². The number of carbonyl (C=O) groups excluding carboxylic acids is 2. The minimum absolute atomic E-state index is 0.0394. The highest BCUT2D eigenvalue weighted by molar-refractivity contribution is 7.98. The number of thioether (sulfide) groups is 1. The second-order valence-corrected chi connectivity index (χ2v) is 7.04. The van der Waals surface area contributed by atoms with Crippen LogP contribution in [0.2, 0.25) is 0 Å². The minimum Gasteiger partial charge on any atom is -0.268 e. The molecule has 0 saturated heterocycles. The first-order valence-corrected chi connectivity index (χ1v) is 9.32. The van der Waals surface area contributed by atoms with Gasteiger partial charge in [0, 0.05) is 17.9 Å². The molecule has 0 fully saturated rings. The standard InChI is InChI=1S/C19H11N5O4S/c20-9-15-16(21-22-17(15)29-10-11-4-2-1-3-5-11)23-18(25)13-7-6-12(24(27)28)8-14(13)19(23)26/h1-8H,10H2,(H,21,22). The van der Waals surface area contributed by atoms with E-state index >= 15 is 0 Å². The maximum atomic E-state index is 12.8. The number of rotatable bonds is 5. The molecule has 9 nitrogen and oxygen atoms in total. The lowest BCUT2D eigenvalue weighted by atomic mass is 10.1. The summed E-state index contributed by atoms with van der Waals surface area (Å²) in [6, 6.07) is 15.0. The number of nitrogens with one attached hydrogen (secondary N) is 1. The number of nitrogens with zero attached hydrogens (tertiary/aromatic N) is 4. The van der Waals surface area contributed by atoms with Crippen LogP contribution in [0.25, 0.3) is 0 Å². The number of anilines is 1. The van der Waals surface area contributed by atoms with E-state index in [1.54, 1.807) is 0 Å². The molecule has 10 heteroatoms. The molecule has 142 valence electrons. The average Bonchev–Trinajstić information content (AvgIpc) is 3.24. The zero-order valence-corrected chi connectivity index (χ0v) is 15.5.